The summed E-state index contributed by atoms with van der Waals surface area (Å²) < 4.78 is 58.3. The van der Waals surface area contributed by atoms with Gasteiger partial charge >= 0.3 is 0 Å². The molecule has 0 spiro atoms. The summed E-state index contributed by atoms with van der Waals surface area (Å²) in [6, 6.07) is 31.4. The van der Waals surface area contributed by atoms with Gasteiger partial charge in [0.15, 0.2) is 0 Å². The van der Waals surface area contributed by atoms with Crippen molar-refractivity contribution in [2.75, 3.05) is 134 Å². The summed E-state index contributed by atoms with van der Waals surface area (Å²) in [4.78, 5) is 8.75. The Balaban J connectivity index is 1.05. The van der Waals surface area contributed by atoms with Crippen LogP contribution in [-0.4, -0.2) is 133 Å². The van der Waals surface area contributed by atoms with Crippen LogP contribution in [0.15, 0.2) is 91.0 Å². The van der Waals surface area contributed by atoms with E-state index in [1.807, 2.05) is 19.1 Å². The second-order valence-corrected chi connectivity index (χ2v) is 20.1. The van der Waals surface area contributed by atoms with E-state index in [4.69, 9.17) is 42.3 Å². The van der Waals surface area contributed by atoms with Crippen molar-refractivity contribution >= 4 is 74.6 Å². The number of ether oxygens (including phenoxy) is 8. The molecular weight excluding hydrogens is 983 g/mol. The molecule has 1 aliphatic heterocycles. The van der Waals surface area contributed by atoms with E-state index in [2.05, 4.69) is 124 Å². The number of thiophene rings is 2. The summed E-state index contributed by atoms with van der Waals surface area (Å²) in [6.45, 7) is 15.1. The zero-order chi connectivity index (χ0) is 50.6. The molecule has 4 heterocycles. The number of benzene rings is 4. The monoisotopic (exact) mass is 1050 g/mol. The molecule has 0 fully saturated rings. The van der Waals surface area contributed by atoms with Gasteiger partial charge in [0.2, 0.25) is 0 Å². The Morgan fingerprint density at radius 2 is 1.38 bits per heavy atom. The van der Waals surface area contributed by atoms with Gasteiger partial charge in [-0.05, 0) is 104 Å². The highest BCUT2D eigenvalue weighted by atomic mass is 32.1. The van der Waals surface area contributed by atoms with E-state index >= 15 is 0 Å². The number of fused-ring (bicyclic) bond motifs is 3. The fourth-order valence-corrected chi connectivity index (χ4v) is 10.7. The molecule has 0 unspecified atom stereocenters. The zero-order valence-corrected chi connectivity index (χ0v) is 44.7. The first-order valence-corrected chi connectivity index (χ1v) is 27.3. The summed E-state index contributed by atoms with van der Waals surface area (Å²) in [5, 5.41) is 13.2. The van der Waals surface area contributed by atoms with Gasteiger partial charge in [-0.3, -0.25) is 0 Å². The number of rotatable bonds is 17. The molecule has 7 aromatic rings. The minimum atomic E-state index is 0.0217. The third-order valence-corrected chi connectivity index (χ3v) is 14.8. The number of aromatic nitrogens is 2. The number of nitrogens with one attached hydrogen (secondary N) is 1. The summed E-state index contributed by atoms with van der Waals surface area (Å²) >= 11 is 4.50. The standard InChI is InChI=1S/C56H67N5O9S3/c1-5-64-31-32-66-26-21-60-22-27-67-34-33-65-25-20-57-47-15-6-40(2)36-50(47)68-28-23-61(24-29-69-51-37-41(3)7-16-48(51)60)49-17-9-42(38-52(49)70-35-30-63-4)8-10-43-11-18-53(71-43)45-13-14-46(56-55(45)58-73-59-56)54-19-12-44(39-62)72-54/h6-19,36-38,57,62H,5,20-35,39H2,1-4H3. The average molecular weight is 1050 g/mol. The molecule has 17 heteroatoms. The van der Waals surface area contributed by atoms with Crippen LogP contribution < -0.4 is 29.3 Å². The third-order valence-electron chi connectivity index (χ3n) is 12.1. The van der Waals surface area contributed by atoms with Crippen LogP contribution in [0.25, 0.3) is 44.1 Å². The minimum absolute atomic E-state index is 0.0217. The number of aryl methyl sites for hydroxylation is 2. The highest BCUT2D eigenvalue weighted by Crippen LogP contribution is 2.40. The van der Waals surface area contributed by atoms with E-state index in [9.17, 15) is 5.11 Å². The Hall–Kier alpha value is -5.60. The van der Waals surface area contributed by atoms with Crippen LogP contribution in [0, 0.1) is 13.8 Å². The Labute approximate surface area is 441 Å². The summed E-state index contributed by atoms with van der Waals surface area (Å²) in [7, 11) is 1.68. The van der Waals surface area contributed by atoms with Crippen LogP contribution in [-0.2, 0) is 30.3 Å². The highest BCUT2D eigenvalue weighted by Gasteiger charge is 2.19. The molecule has 2 N–H and O–H groups in total. The van der Waals surface area contributed by atoms with Crippen molar-refractivity contribution in [2.45, 2.75) is 27.4 Å². The van der Waals surface area contributed by atoms with Gasteiger partial charge in [0.25, 0.3) is 0 Å². The normalized spacial score (nSPS) is 14.5. The lowest BCUT2D eigenvalue weighted by Crippen LogP contribution is -2.34. The number of nitrogens with zero attached hydrogens (tertiary/aromatic N) is 4. The number of aliphatic hydroxyl groups is 1. The fraction of sp³-hybridized carbons (Fsp3) is 0.393. The van der Waals surface area contributed by atoms with Crippen molar-refractivity contribution in [3.05, 3.63) is 117 Å². The molecule has 0 aliphatic carbocycles. The largest absolute Gasteiger partial charge is 0.490 e. The number of anilines is 3. The van der Waals surface area contributed by atoms with E-state index < -0.39 is 0 Å². The molecule has 14 nitrogen and oxygen atoms in total. The summed E-state index contributed by atoms with van der Waals surface area (Å²) in [6.07, 6.45) is 4.26. The second kappa shape index (κ2) is 28.2. The molecule has 3 aromatic heterocycles. The van der Waals surface area contributed by atoms with Gasteiger partial charge in [-0.2, -0.15) is 8.75 Å². The molecule has 0 radical (unpaired) electrons. The van der Waals surface area contributed by atoms with E-state index in [0.29, 0.717) is 112 Å². The van der Waals surface area contributed by atoms with Crippen LogP contribution in [0.3, 0.4) is 0 Å². The second-order valence-electron chi connectivity index (χ2n) is 17.3. The van der Waals surface area contributed by atoms with Crippen molar-refractivity contribution in [1.29, 1.82) is 0 Å². The van der Waals surface area contributed by atoms with Crippen molar-refractivity contribution in [1.82, 2.24) is 8.75 Å². The Morgan fingerprint density at radius 1 is 0.671 bits per heavy atom. The molecule has 0 saturated heterocycles. The van der Waals surface area contributed by atoms with Crippen LogP contribution in [0.2, 0.25) is 0 Å². The van der Waals surface area contributed by atoms with Gasteiger partial charge in [0, 0.05) is 64.0 Å². The maximum atomic E-state index is 9.66. The first-order chi connectivity index (χ1) is 35.9. The minimum Gasteiger partial charge on any atom is -0.490 e. The first kappa shape index (κ1) is 53.7. The van der Waals surface area contributed by atoms with Crippen LogP contribution in [0.4, 0.5) is 17.1 Å². The maximum Gasteiger partial charge on any atom is 0.143 e. The Bertz CT molecular complexity index is 2830. The lowest BCUT2D eigenvalue weighted by molar-refractivity contribution is 0.0498. The lowest BCUT2D eigenvalue weighted by atomic mass is 10.1. The molecular formula is C56H67N5O9S3. The predicted molar refractivity (Wildman–Crippen MR) is 298 cm³/mol. The summed E-state index contributed by atoms with van der Waals surface area (Å²) in [5.41, 5.74) is 9.85. The zero-order valence-electron chi connectivity index (χ0n) is 42.3. The maximum absolute atomic E-state index is 9.66. The molecule has 0 atom stereocenters. The Morgan fingerprint density at radius 3 is 2.15 bits per heavy atom. The van der Waals surface area contributed by atoms with Gasteiger partial charge in [-0.1, -0.05) is 36.4 Å². The quantitative estimate of drug-likeness (QED) is 0.0837. The van der Waals surface area contributed by atoms with E-state index in [0.717, 1.165) is 92.7 Å². The van der Waals surface area contributed by atoms with E-state index in [1.165, 1.54) is 11.7 Å². The van der Waals surface area contributed by atoms with Crippen molar-refractivity contribution in [3.63, 3.8) is 0 Å². The van der Waals surface area contributed by atoms with Crippen LogP contribution in [0.1, 0.15) is 33.4 Å². The summed E-state index contributed by atoms with van der Waals surface area (Å²) in [5.74, 6) is 2.31. The number of methoxy groups -OCH3 is 1. The van der Waals surface area contributed by atoms with Gasteiger partial charge in [0.1, 0.15) is 48.1 Å². The van der Waals surface area contributed by atoms with Gasteiger partial charge in [-0.15, -0.1) is 22.7 Å². The van der Waals surface area contributed by atoms with Gasteiger partial charge in [-0.25, -0.2) is 0 Å². The molecule has 388 valence electrons. The van der Waals surface area contributed by atoms with E-state index in [1.54, 1.807) is 29.8 Å². The SMILES string of the molecule is CCOCCOCCN1CCOCCOCCNc2ccc(C)cc2OCCN(c2ccc(C=Cc3ccc(-c4ccc(-c5ccc(CO)s5)c5nsnc45)s3)cc2OCCOC)CCOc2cc(C)ccc21. The molecule has 0 saturated carbocycles. The molecule has 1 aliphatic rings. The van der Waals surface area contributed by atoms with E-state index in [-0.39, 0.29) is 6.61 Å². The Kier molecular flexibility index (Phi) is 20.7. The van der Waals surface area contributed by atoms with Crippen LogP contribution >= 0.6 is 34.4 Å². The molecule has 8 rings (SSSR count). The highest BCUT2D eigenvalue weighted by molar-refractivity contribution is 7.16. The number of hydrogen-bond donors (Lipinski definition) is 2. The lowest BCUT2D eigenvalue weighted by Gasteiger charge is -2.29. The number of hydrogen-bond acceptors (Lipinski definition) is 17. The van der Waals surface area contributed by atoms with Crippen molar-refractivity contribution in [3.8, 4) is 38.1 Å². The van der Waals surface area contributed by atoms with Crippen molar-refractivity contribution < 1.29 is 43.0 Å². The van der Waals surface area contributed by atoms with Crippen LogP contribution in [0.5, 0.6) is 17.2 Å². The smallest absolute Gasteiger partial charge is 0.143 e. The molecule has 0 amide bonds. The number of aliphatic hydroxyl groups excluding tert-OH is 1. The molecule has 73 heavy (non-hydrogen) atoms. The fourth-order valence-electron chi connectivity index (χ4n) is 8.31. The first-order valence-electron chi connectivity index (χ1n) is 24.9. The molecule has 0 bridgehead atoms. The van der Waals surface area contributed by atoms with Gasteiger partial charge in [0.05, 0.1) is 101 Å². The average Bonchev–Trinajstić information content (AvgIpc) is 4.21. The van der Waals surface area contributed by atoms with Gasteiger partial charge < -0.3 is 58.1 Å². The van der Waals surface area contributed by atoms with Crippen molar-refractivity contribution in [2.24, 2.45) is 0 Å². The third kappa shape index (κ3) is 15.2. The molecule has 4 aromatic carbocycles. The topological polar surface area (TPSA) is 138 Å². The predicted octanol–water partition coefficient (Wildman–Crippen LogP) is 10.7.